The van der Waals surface area contributed by atoms with Crippen LogP contribution < -0.4 is 0 Å². The molecule has 122 valence electrons. The summed E-state index contributed by atoms with van der Waals surface area (Å²) in [4.78, 5) is 5.07. The van der Waals surface area contributed by atoms with Crippen LogP contribution in [0.2, 0.25) is 0 Å². The average molecular weight is 312 g/mol. The van der Waals surface area contributed by atoms with E-state index in [1.165, 1.54) is 11.1 Å². The highest BCUT2D eigenvalue weighted by Gasteiger charge is 2.21. The van der Waals surface area contributed by atoms with Crippen LogP contribution in [0.1, 0.15) is 18.1 Å². The predicted octanol–water partition coefficient (Wildman–Crippen LogP) is 3.57. The SMILES string of the molecule is C[C@@H](Cc1ccc(F)cc1)N1CCN(Cc2ccccc2)CC1. The number of hydrogen-bond acceptors (Lipinski definition) is 2. The van der Waals surface area contributed by atoms with Gasteiger partial charge in [-0.1, -0.05) is 42.5 Å². The minimum absolute atomic E-state index is 0.157. The minimum atomic E-state index is -0.157. The van der Waals surface area contributed by atoms with Gasteiger partial charge >= 0.3 is 0 Å². The zero-order valence-electron chi connectivity index (χ0n) is 13.8. The molecule has 1 heterocycles. The molecule has 1 atom stereocenters. The summed E-state index contributed by atoms with van der Waals surface area (Å²) in [6.45, 7) is 7.76. The second-order valence-corrected chi connectivity index (χ2v) is 6.48. The Morgan fingerprint density at radius 1 is 0.870 bits per heavy atom. The molecule has 0 saturated carbocycles. The maximum absolute atomic E-state index is 13.0. The highest BCUT2D eigenvalue weighted by molar-refractivity contribution is 5.17. The number of rotatable bonds is 5. The topological polar surface area (TPSA) is 6.48 Å². The summed E-state index contributed by atoms with van der Waals surface area (Å²) in [5.74, 6) is -0.157. The highest BCUT2D eigenvalue weighted by atomic mass is 19.1. The van der Waals surface area contributed by atoms with Gasteiger partial charge in [0, 0.05) is 38.8 Å². The molecule has 1 fully saturated rings. The summed E-state index contributed by atoms with van der Waals surface area (Å²) in [7, 11) is 0. The Hall–Kier alpha value is -1.71. The predicted molar refractivity (Wildman–Crippen MR) is 92.9 cm³/mol. The van der Waals surface area contributed by atoms with Crippen molar-refractivity contribution in [1.29, 1.82) is 0 Å². The highest BCUT2D eigenvalue weighted by Crippen LogP contribution is 2.14. The first-order valence-electron chi connectivity index (χ1n) is 8.45. The van der Waals surface area contributed by atoms with E-state index in [1.54, 1.807) is 12.1 Å². The molecule has 2 aromatic rings. The molecule has 1 aliphatic rings. The van der Waals surface area contributed by atoms with Crippen molar-refractivity contribution in [2.75, 3.05) is 26.2 Å². The van der Waals surface area contributed by atoms with Crippen LogP contribution in [-0.4, -0.2) is 42.0 Å². The lowest BCUT2D eigenvalue weighted by Crippen LogP contribution is -2.49. The van der Waals surface area contributed by atoms with E-state index >= 15 is 0 Å². The lowest BCUT2D eigenvalue weighted by molar-refractivity contribution is 0.0978. The van der Waals surface area contributed by atoms with E-state index in [9.17, 15) is 4.39 Å². The van der Waals surface area contributed by atoms with E-state index in [0.717, 1.165) is 39.1 Å². The van der Waals surface area contributed by atoms with Gasteiger partial charge in [0.2, 0.25) is 0 Å². The molecule has 2 aromatic carbocycles. The number of hydrogen-bond donors (Lipinski definition) is 0. The number of halogens is 1. The quantitative estimate of drug-likeness (QED) is 0.833. The molecule has 0 bridgehead atoms. The fourth-order valence-corrected chi connectivity index (χ4v) is 3.29. The maximum Gasteiger partial charge on any atom is 0.123 e. The van der Waals surface area contributed by atoms with Crippen LogP contribution in [0, 0.1) is 5.82 Å². The van der Waals surface area contributed by atoms with E-state index in [4.69, 9.17) is 0 Å². The van der Waals surface area contributed by atoms with E-state index in [1.807, 2.05) is 12.1 Å². The average Bonchev–Trinajstić information content (AvgIpc) is 2.58. The van der Waals surface area contributed by atoms with Gasteiger partial charge in [0.1, 0.15) is 5.82 Å². The standard InChI is InChI=1S/C20H25FN2/c1-17(15-18-7-9-20(21)10-8-18)23-13-11-22(12-14-23)16-19-5-3-2-4-6-19/h2-10,17H,11-16H2,1H3/t17-/m0/s1. The Morgan fingerprint density at radius 2 is 1.52 bits per heavy atom. The second-order valence-electron chi connectivity index (χ2n) is 6.48. The van der Waals surface area contributed by atoms with E-state index in [0.29, 0.717) is 6.04 Å². The van der Waals surface area contributed by atoms with E-state index < -0.39 is 0 Å². The van der Waals surface area contributed by atoms with Gasteiger partial charge in [0.05, 0.1) is 0 Å². The molecule has 1 saturated heterocycles. The van der Waals surface area contributed by atoms with Crippen molar-refractivity contribution in [3.8, 4) is 0 Å². The van der Waals surface area contributed by atoms with Crippen molar-refractivity contribution < 1.29 is 4.39 Å². The van der Waals surface area contributed by atoms with Crippen molar-refractivity contribution >= 4 is 0 Å². The van der Waals surface area contributed by atoms with E-state index in [2.05, 4.69) is 47.1 Å². The minimum Gasteiger partial charge on any atom is -0.298 e. The lowest BCUT2D eigenvalue weighted by Gasteiger charge is -2.38. The summed E-state index contributed by atoms with van der Waals surface area (Å²) >= 11 is 0. The van der Waals surface area contributed by atoms with Crippen molar-refractivity contribution in [3.63, 3.8) is 0 Å². The number of nitrogens with zero attached hydrogens (tertiary/aromatic N) is 2. The fraction of sp³-hybridized carbons (Fsp3) is 0.400. The van der Waals surface area contributed by atoms with Crippen LogP contribution in [0.4, 0.5) is 4.39 Å². The van der Waals surface area contributed by atoms with Gasteiger partial charge in [-0.2, -0.15) is 0 Å². The zero-order chi connectivity index (χ0) is 16.1. The molecule has 1 aliphatic heterocycles. The largest absolute Gasteiger partial charge is 0.298 e. The summed E-state index contributed by atoms with van der Waals surface area (Å²) < 4.78 is 13.0. The monoisotopic (exact) mass is 312 g/mol. The summed E-state index contributed by atoms with van der Waals surface area (Å²) in [5.41, 5.74) is 2.60. The van der Waals surface area contributed by atoms with E-state index in [-0.39, 0.29) is 5.82 Å². The Labute approximate surface area is 138 Å². The Balaban J connectivity index is 1.47. The molecule has 0 aromatic heterocycles. The molecule has 0 radical (unpaired) electrons. The molecule has 23 heavy (non-hydrogen) atoms. The third kappa shape index (κ3) is 4.63. The molecular formula is C20H25FN2. The van der Waals surface area contributed by atoms with Gasteiger partial charge in [-0.25, -0.2) is 4.39 Å². The molecular weight excluding hydrogens is 287 g/mol. The van der Waals surface area contributed by atoms with Crippen LogP contribution in [-0.2, 0) is 13.0 Å². The van der Waals surface area contributed by atoms with Crippen LogP contribution >= 0.6 is 0 Å². The molecule has 3 heteroatoms. The van der Waals surface area contributed by atoms with Crippen molar-refractivity contribution in [1.82, 2.24) is 9.80 Å². The number of piperazine rings is 1. The Bertz CT molecular complexity index is 589. The molecule has 3 rings (SSSR count). The maximum atomic E-state index is 13.0. The van der Waals surface area contributed by atoms with Crippen molar-refractivity contribution in [2.24, 2.45) is 0 Å². The van der Waals surface area contributed by atoms with Gasteiger partial charge in [0.25, 0.3) is 0 Å². The molecule has 0 aliphatic carbocycles. The molecule has 0 spiro atoms. The van der Waals surface area contributed by atoms with Crippen LogP contribution in [0.15, 0.2) is 54.6 Å². The smallest absolute Gasteiger partial charge is 0.123 e. The molecule has 2 nitrogen and oxygen atoms in total. The first kappa shape index (κ1) is 16.2. The van der Waals surface area contributed by atoms with Crippen molar-refractivity contribution in [3.05, 3.63) is 71.5 Å². The Kier molecular flexibility index (Phi) is 5.42. The van der Waals surface area contributed by atoms with Crippen molar-refractivity contribution in [2.45, 2.75) is 25.9 Å². The first-order chi connectivity index (χ1) is 11.2. The molecule has 0 unspecified atom stereocenters. The second kappa shape index (κ2) is 7.71. The van der Waals surface area contributed by atoms with Gasteiger partial charge in [0.15, 0.2) is 0 Å². The number of benzene rings is 2. The Morgan fingerprint density at radius 3 is 2.17 bits per heavy atom. The lowest BCUT2D eigenvalue weighted by atomic mass is 10.1. The van der Waals surface area contributed by atoms with Crippen LogP contribution in [0.5, 0.6) is 0 Å². The summed E-state index contributed by atoms with van der Waals surface area (Å²) in [6.07, 6.45) is 0.985. The fourth-order valence-electron chi connectivity index (χ4n) is 3.29. The molecule has 0 amide bonds. The zero-order valence-corrected chi connectivity index (χ0v) is 13.8. The summed E-state index contributed by atoms with van der Waals surface area (Å²) in [5, 5.41) is 0. The van der Waals surface area contributed by atoms with Gasteiger partial charge in [-0.05, 0) is 36.6 Å². The van der Waals surface area contributed by atoms with Crippen LogP contribution in [0.3, 0.4) is 0 Å². The van der Waals surface area contributed by atoms with Crippen LogP contribution in [0.25, 0.3) is 0 Å². The first-order valence-corrected chi connectivity index (χ1v) is 8.45. The normalized spacial score (nSPS) is 18.0. The van der Waals surface area contributed by atoms with Gasteiger partial charge < -0.3 is 0 Å². The third-order valence-corrected chi connectivity index (χ3v) is 4.72. The third-order valence-electron chi connectivity index (χ3n) is 4.72. The van der Waals surface area contributed by atoms with Gasteiger partial charge in [-0.3, -0.25) is 9.80 Å². The summed E-state index contributed by atoms with van der Waals surface area (Å²) in [6, 6.07) is 18.1. The molecule has 0 N–H and O–H groups in total. The van der Waals surface area contributed by atoms with Gasteiger partial charge in [-0.15, -0.1) is 0 Å².